The lowest BCUT2D eigenvalue weighted by Gasteiger charge is -2.26. The number of carbonyl (C=O) groups is 1. The first-order valence-electron chi connectivity index (χ1n) is 6.18. The molecule has 1 fully saturated rings. The van der Waals surface area contributed by atoms with Crippen molar-refractivity contribution in [2.45, 2.75) is 25.9 Å². The molecule has 18 heavy (non-hydrogen) atoms. The first-order valence-corrected chi connectivity index (χ1v) is 6.18. The molecule has 0 saturated carbocycles. The van der Waals surface area contributed by atoms with Crippen LogP contribution in [0.5, 0.6) is 0 Å². The monoisotopic (exact) mass is 253 g/mol. The van der Waals surface area contributed by atoms with Gasteiger partial charge in [0.15, 0.2) is 5.69 Å². The fourth-order valence-corrected chi connectivity index (χ4v) is 1.86. The van der Waals surface area contributed by atoms with E-state index in [4.69, 9.17) is 5.11 Å². The van der Waals surface area contributed by atoms with Crippen molar-refractivity contribution in [3.8, 4) is 0 Å². The number of nitrogens with one attached hydrogen (secondary N) is 1. The number of hydrogen-bond acceptors (Lipinski definition) is 5. The Morgan fingerprint density at radius 2 is 2.39 bits per heavy atom. The summed E-state index contributed by atoms with van der Waals surface area (Å²) in [4.78, 5) is 13.8. The van der Waals surface area contributed by atoms with Gasteiger partial charge in [0, 0.05) is 25.7 Å². The average Bonchev–Trinajstić information content (AvgIpc) is 2.71. The van der Waals surface area contributed by atoms with E-state index in [-0.39, 0.29) is 18.6 Å². The minimum atomic E-state index is -0.183. The molecule has 1 aliphatic rings. The maximum Gasteiger partial charge on any atom is 0.276 e. The molecule has 1 amide bonds. The summed E-state index contributed by atoms with van der Waals surface area (Å²) in [5.74, 6) is -0.183. The van der Waals surface area contributed by atoms with Gasteiger partial charge >= 0.3 is 0 Å². The van der Waals surface area contributed by atoms with Crippen LogP contribution in [0.3, 0.4) is 0 Å². The maximum atomic E-state index is 12.2. The van der Waals surface area contributed by atoms with Gasteiger partial charge in [-0.05, 0) is 13.8 Å². The van der Waals surface area contributed by atoms with E-state index in [0.29, 0.717) is 18.3 Å². The van der Waals surface area contributed by atoms with Gasteiger partial charge in [0.25, 0.3) is 5.91 Å². The van der Waals surface area contributed by atoms with E-state index in [1.54, 1.807) is 15.8 Å². The molecule has 1 aromatic rings. The van der Waals surface area contributed by atoms with Gasteiger partial charge in [0.05, 0.1) is 18.8 Å². The van der Waals surface area contributed by atoms with E-state index >= 15 is 0 Å². The van der Waals surface area contributed by atoms with Crippen LogP contribution in [0.25, 0.3) is 0 Å². The highest BCUT2D eigenvalue weighted by atomic mass is 16.3. The molecule has 1 aliphatic heterocycles. The third kappa shape index (κ3) is 2.51. The van der Waals surface area contributed by atoms with E-state index in [2.05, 4.69) is 15.6 Å². The fourth-order valence-electron chi connectivity index (χ4n) is 1.86. The Morgan fingerprint density at radius 3 is 2.89 bits per heavy atom. The van der Waals surface area contributed by atoms with E-state index in [9.17, 15) is 4.79 Å². The van der Waals surface area contributed by atoms with Crippen LogP contribution in [0.15, 0.2) is 6.20 Å². The molecule has 1 saturated heterocycles. The van der Waals surface area contributed by atoms with Crippen molar-refractivity contribution in [1.29, 1.82) is 0 Å². The summed E-state index contributed by atoms with van der Waals surface area (Å²) in [6, 6.07) is 0.324. The summed E-state index contributed by atoms with van der Waals surface area (Å²) in [6.45, 7) is 5.81. The van der Waals surface area contributed by atoms with Crippen LogP contribution in [0.4, 0.5) is 0 Å². The van der Waals surface area contributed by atoms with Crippen molar-refractivity contribution in [2.24, 2.45) is 0 Å². The number of rotatable bonds is 5. The zero-order valence-corrected chi connectivity index (χ0v) is 10.7. The van der Waals surface area contributed by atoms with E-state index in [1.807, 2.05) is 13.8 Å². The second-order valence-electron chi connectivity index (χ2n) is 4.71. The topological polar surface area (TPSA) is 83.3 Å². The SMILES string of the molecule is CC(C)N(CCO)C(=O)c1cn(C2CNC2)nn1. The minimum absolute atomic E-state index is 0.0279. The smallest absolute Gasteiger partial charge is 0.276 e. The molecule has 0 bridgehead atoms. The highest BCUT2D eigenvalue weighted by Crippen LogP contribution is 2.11. The first-order chi connectivity index (χ1) is 8.63. The van der Waals surface area contributed by atoms with Crippen LogP contribution >= 0.6 is 0 Å². The molecular weight excluding hydrogens is 234 g/mol. The molecule has 1 aromatic heterocycles. The standard InChI is InChI=1S/C11H19N5O2/c1-8(2)15(3-4-17)11(18)10-7-16(14-13-10)9-5-12-6-9/h7-9,12,17H,3-6H2,1-2H3. The maximum absolute atomic E-state index is 12.2. The molecule has 0 unspecified atom stereocenters. The third-order valence-corrected chi connectivity index (χ3v) is 3.09. The normalized spacial score (nSPS) is 15.8. The molecule has 0 atom stereocenters. The van der Waals surface area contributed by atoms with Gasteiger partial charge in [-0.1, -0.05) is 5.21 Å². The Bertz CT molecular complexity index is 413. The van der Waals surface area contributed by atoms with Gasteiger partial charge in [0.1, 0.15) is 0 Å². The zero-order chi connectivity index (χ0) is 13.1. The lowest BCUT2D eigenvalue weighted by atomic mass is 10.2. The average molecular weight is 253 g/mol. The lowest BCUT2D eigenvalue weighted by molar-refractivity contribution is 0.0659. The Hall–Kier alpha value is -1.47. The fraction of sp³-hybridized carbons (Fsp3) is 0.727. The molecule has 2 N–H and O–H groups in total. The van der Waals surface area contributed by atoms with Crippen molar-refractivity contribution in [3.63, 3.8) is 0 Å². The predicted molar refractivity (Wildman–Crippen MR) is 65.2 cm³/mol. The first kappa shape index (κ1) is 13.0. The molecule has 7 nitrogen and oxygen atoms in total. The van der Waals surface area contributed by atoms with E-state index in [0.717, 1.165) is 13.1 Å². The van der Waals surface area contributed by atoms with Crippen LogP contribution < -0.4 is 5.32 Å². The second kappa shape index (κ2) is 5.45. The van der Waals surface area contributed by atoms with Crippen molar-refractivity contribution < 1.29 is 9.90 Å². The molecule has 0 radical (unpaired) electrons. The number of hydrogen-bond donors (Lipinski definition) is 2. The van der Waals surface area contributed by atoms with Crippen molar-refractivity contribution in [3.05, 3.63) is 11.9 Å². The number of amides is 1. The minimum Gasteiger partial charge on any atom is -0.395 e. The Labute approximate surface area is 106 Å². The van der Waals surface area contributed by atoms with E-state index in [1.165, 1.54) is 0 Å². The van der Waals surface area contributed by atoms with Crippen LogP contribution in [0, 0.1) is 0 Å². The van der Waals surface area contributed by atoms with Gasteiger partial charge in [-0.25, -0.2) is 4.68 Å². The highest BCUT2D eigenvalue weighted by molar-refractivity contribution is 5.92. The van der Waals surface area contributed by atoms with Crippen LogP contribution in [0.2, 0.25) is 0 Å². The van der Waals surface area contributed by atoms with E-state index < -0.39 is 0 Å². The van der Waals surface area contributed by atoms with Gasteiger partial charge in [-0.3, -0.25) is 4.79 Å². The van der Waals surface area contributed by atoms with Crippen molar-refractivity contribution in [1.82, 2.24) is 25.2 Å². The summed E-state index contributed by atoms with van der Waals surface area (Å²) in [7, 11) is 0. The summed E-state index contributed by atoms with van der Waals surface area (Å²) in [6.07, 6.45) is 1.68. The molecule has 0 spiro atoms. The summed E-state index contributed by atoms with van der Waals surface area (Å²) in [5.41, 5.74) is 0.337. The predicted octanol–water partition coefficient (Wildman–Crippen LogP) is -0.735. The second-order valence-corrected chi connectivity index (χ2v) is 4.71. The molecule has 100 valence electrons. The van der Waals surface area contributed by atoms with Gasteiger partial charge in [-0.2, -0.15) is 0 Å². The number of aromatic nitrogens is 3. The molecule has 7 heteroatoms. The lowest BCUT2D eigenvalue weighted by Crippen LogP contribution is -2.43. The van der Waals surface area contributed by atoms with Crippen molar-refractivity contribution >= 4 is 5.91 Å². The molecule has 2 rings (SSSR count). The summed E-state index contributed by atoms with van der Waals surface area (Å²) < 4.78 is 1.72. The highest BCUT2D eigenvalue weighted by Gasteiger charge is 2.24. The summed E-state index contributed by atoms with van der Waals surface area (Å²) >= 11 is 0. The Balaban J connectivity index is 2.08. The van der Waals surface area contributed by atoms with Crippen LogP contribution in [-0.2, 0) is 0 Å². The van der Waals surface area contributed by atoms with Gasteiger partial charge < -0.3 is 15.3 Å². The zero-order valence-electron chi connectivity index (χ0n) is 10.7. The number of aliphatic hydroxyl groups excluding tert-OH is 1. The van der Waals surface area contributed by atoms with Crippen LogP contribution in [0.1, 0.15) is 30.4 Å². The van der Waals surface area contributed by atoms with Gasteiger partial charge in [0.2, 0.25) is 0 Å². The molecule has 0 aliphatic carbocycles. The Morgan fingerprint density at radius 1 is 1.67 bits per heavy atom. The molecular formula is C11H19N5O2. The Kier molecular flexibility index (Phi) is 3.93. The third-order valence-electron chi connectivity index (χ3n) is 3.09. The van der Waals surface area contributed by atoms with Crippen molar-refractivity contribution in [2.75, 3.05) is 26.2 Å². The summed E-state index contributed by atoms with van der Waals surface area (Å²) in [5, 5.41) is 20.0. The largest absolute Gasteiger partial charge is 0.395 e. The van der Waals surface area contributed by atoms with Gasteiger partial charge in [-0.15, -0.1) is 5.10 Å². The number of aliphatic hydroxyl groups is 1. The quantitative estimate of drug-likeness (QED) is 0.722. The number of carbonyl (C=O) groups excluding carboxylic acids is 1. The molecule has 2 heterocycles. The van der Waals surface area contributed by atoms with Crippen LogP contribution in [-0.4, -0.2) is 63.2 Å². The molecule has 0 aromatic carbocycles. The number of nitrogens with zero attached hydrogens (tertiary/aromatic N) is 4.